The Morgan fingerprint density at radius 3 is 2.60 bits per heavy atom. The van der Waals surface area contributed by atoms with E-state index in [-0.39, 0.29) is 0 Å². The lowest BCUT2D eigenvalue weighted by Gasteiger charge is -2.06. The minimum absolute atomic E-state index is 0.533. The molecule has 0 spiro atoms. The van der Waals surface area contributed by atoms with Crippen molar-refractivity contribution in [1.29, 1.82) is 0 Å². The summed E-state index contributed by atoms with van der Waals surface area (Å²) >= 11 is 1.88. The van der Waals surface area contributed by atoms with Crippen molar-refractivity contribution >= 4 is 11.3 Å². The molecule has 0 fully saturated rings. The Balaban J connectivity index is 2.04. The Kier molecular flexibility index (Phi) is 5.38. The molecule has 0 bridgehead atoms. The molecular formula is C16H25N3S. The number of aromatic nitrogens is 2. The fraction of sp³-hybridized carbons (Fsp3) is 0.562. The molecule has 1 N–H and O–H groups in total. The number of thiophene rings is 1. The van der Waals surface area contributed by atoms with Crippen molar-refractivity contribution < 1.29 is 0 Å². The van der Waals surface area contributed by atoms with Crippen molar-refractivity contribution in [3.63, 3.8) is 0 Å². The number of rotatable bonds is 7. The van der Waals surface area contributed by atoms with E-state index >= 15 is 0 Å². The highest BCUT2D eigenvalue weighted by molar-refractivity contribution is 7.11. The molecule has 0 atom stereocenters. The minimum Gasteiger partial charge on any atom is -0.310 e. The molecular weight excluding hydrogens is 266 g/mol. The predicted molar refractivity (Wildman–Crippen MR) is 86.4 cm³/mol. The molecule has 0 aliphatic rings. The molecule has 3 nitrogen and oxygen atoms in total. The number of hydrogen-bond donors (Lipinski definition) is 1. The smallest absolute Gasteiger partial charge is 0.0755 e. The van der Waals surface area contributed by atoms with Gasteiger partial charge in [-0.05, 0) is 31.0 Å². The van der Waals surface area contributed by atoms with E-state index in [2.05, 4.69) is 61.0 Å². The van der Waals surface area contributed by atoms with Gasteiger partial charge in [-0.2, -0.15) is 5.10 Å². The zero-order valence-electron chi connectivity index (χ0n) is 12.9. The fourth-order valence-corrected chi connectivity index (χ4v) is 3.12. The van der Waals surface area contributed by atoms with Crippen LogP contribution in [0.2, 0.25) is 0 Å². The van der Waals surface area contributed by atoms with Gasteiger partial charge in [-0.1, -0.05) is 27.7 Å². The molecule has 0 aromatic carbocycles. The number of nitrogens with one attached hydrogen (secondary N) is 1. The van der Waals surface area contributed by atoms with E-state index in [9.17, 15) is 0 Å². The van der Waals surface area contributed by atoms with Crippen LogP contribution in [0.5, 0.6) is 0 Å². The first-order valence-electron chi connectivity index (χ1n) is 7.49. The van der Waals surface area contributed by atoms with Gasteiger partial charge in [0.05, 0.1) is 12.2 Å². The number of hydrogen-bond acceptors (Lipinski definition) is 3. The van der Waals surface area contributed by atoms with Crippen LogP contribution in [-0.2, 0) is 25.9 Å². The third-order valence-corrected chi connectivity index (χ3v) is 4.42. The maximum Gasteiger partial charge on any atom is 0.0755 e. The molecule has 2 heterocycles. The first-order chi connectivity index (χ1) is 9.62. The molecule has 0 unspecified atom stereocenters. The molecule has 110 valence electrons. The Labute approximate surface area is 126 Å². The van der Waals surface area contributed by atoms with Crippen molar-refractivity contribution in [3.8, 4) is 0 Å². The van der Waals surface area contributed by atoms with E-state index in [1.54, 1.807) is 0 Å². The van der Waals surface area contributed by atoms with Crippen LogP contribution in [0.4, 0.5) is 0 Å². The van der Waals surface area contributed by atoms with Crippen molar-refractivity contribution in [2.24, 2.45) is 0 Å². The standard InChI is InChI=1S/C16H25N3S/c1-5-13-9-14(6-2)19(18-13)11-16-8-7-15(20-16)10-17-12(3)4/h7-9,12,17H,5-6,10-11H2,1-4H3. The summed E-state index contributed by atoms with van der Waals surface area (Å²) in [7, 11) is 0. The average molecular weight is 291 g/mol. The minimum atomic E-state index is 0.533. The second-order valence-corrected chi connectivity index (χ2v) is 6.65. The van der Waals surface area contributed by atoms with E-state index in [4.69, 9.17) is 0 Å². The van der Waals surface area contributed by atoms with Gasteiger partial charge in [-0.25, -0.2) is 0 Å². The molecule has 0 radical (unpaired) electrons. The summed E-state index contributed by atoms with van der Waals surface area (Å²) in [5.41, 5.74) is 2.53. The summed E-state index contributed by atoms with van der Waals surface area (Å²) < 4.78 is 2.16. The SMILES string of the molecule is CCc1cc(CC)n(Cc2ccc(CNC(C)C)s2)n1. The highest BCUT2D eigenvalue weighted by Crippen LogP contribution is 2.19. The largest absolute Gasteiger partial charge is 0.310 e. The van der Waals surface area contributed by atoms with Gasteiger partial charge in [0.15, 0.2) is 0 Å². The molecule has 4 heteroatoms. The lowest BCUT2D eigenvalue weighted by molar-refractivity contribution is 0.593. The van der Waals surface area contributed by atoms with Crippen molar-refractivity contribution in [1.82, 2.24) is 15.1 Å². The van der Waals surface area contributed by atoms with Crippen LogP contribution in [-0.4, -0.2) is 15.8 Å². The molecule has 0 aliphatic heterocycles. The van der Waals surface area contributed by atoms with Crippen LogP contribution in [0.1, 0.15) is 48.8 Å². The van der Waals surface area contributed by atoms with E-state index < -0.39 is 0 Å². The summed E-state index contributed by atoms with van der Waals surface area (Å²) in [6, 6.07) is 7.22. The third-order valence-electron chi connectivity index (χ3n) is 3.35. The first kappa shape index (κ1) is 15.3. The highest BCUT2D eigenvalue weighted by Gasteiger charge is 2.08. The highest BCUT2D eigenvalue weighted by atomic mass is 32.1. The Morgan fingerprint density at radius 1 is 1.20 bits per heavy atom. The second-order valence-electron chi connectivity index (χ2n) is 5.40. The van der Waals surface area contributed by atoms with Crippen LogP contribution in [0.15, 0.2) is 18.2 Å². The summed E-state index contributed by atoms with van der Waals surface area (Å²) in [4.78, 5) is 2.78. The Morgan fingerprint density at radius 2 is 1.95 bits per heavy atom. The Hall–Kier alpha value is -1.13. The van der Waals surface area contributed by atoms with Crippen molar-refractivity contribution in [2.75, 3.05) is 0 Å². The van der Waals surface area contributed by atoms with Gasteiger partial charge < -0.3 is 5.32 Å². The van der Waals surface area contributed by atoms with E-state index in [0.717, 1.165) is 25.9 Å². The molecule has 0 saturated heterocycles. The van der Waals surface area contributed by atoms with Gasteiger partial charge in [0, 0.05) is 28.0 Å². The number of aryl methyl sites for hydroxylation is 2. The van der Waals surface area contributed by atoms with Gasteiger partial charge in [0.2, 0.25) is 0 Å². The van der Waals surface area contributed by atoms with Crippen LogP contribution in [0.3, 0.4) is 0 Å². The van der Waals surface area contributed by atoms with Gasteiger partial charge in [-0.15, -0.1) is 11.3 Å². The monoisotopic (exact) mass is 291 g/mol. The second kappa shape index (κ2) is 7.04. The van der Waals surface area contributed by atoms with E-state index in [0.29, 0.717) is 6.04 Å². The summed E-state index contributed by atoms with van der Waals surface area (Å²) in [5, 5.41) is 8.15. The number of nitrogens with zero attached hydrogens (tertiary/aromatic N) is 2. The fourth-order valence-electron chi connectivity index (χ4n) is 2.16. The zero-order valence-corrected chi connectivity index (χ0v) is 13.8. The Bertz CT molecular complexity index is 540. The predicted octanol–water partition coefficient (Wildman–Crippen LogP) is 3.62. The average Bonchev–Trinajstić information content (AvgIpc) is 3.03. The maximum atomic E-state index is 4.69. The topological polar surface area (TPSA) is 29.9 Å². The lowest BCUT2D eigenvalue weighted by Crippen LogP contribution is -2.21. The van der Waals surface area contributed by atoms with Gasteiger partial charge >= 0.3 is 0 Å². The molecule has 2 rings (SSSR count). The molecule has 0 saturated carbocycles. The molecule has 2 aromatic rings. The third kappa shape index (κ3) is 3.93. The van der Waals surface area contributed by atoms with Crippen LogP contribution >= 0.6 is 11.3 Å². The van der Waals surface area contributed by atoms with Gasteiger partial charge in [-0.3, -0.25) is 4.68 Å². The van der Waals surface area contributed by atoms with Crippen LogP contribution < -0.4 is 5.32 Å². The van der Waals surface area contributed by atoms with Crippen LogP contribution in [0.25, 0.3) is 0 Å². The summed E-state index contributed by atoms with van der Waals surface area (Å²) in [5.74, 6) is 0. The maximum absolute atomic E-state index is 4.69. The molecule has 0 aliphatic carbocycles. The van der Waals surface area contributed by atoms with E-state index in [1.165, 1.54) is 21.1 Å². The van der Waals surface area contributed by atoms with Crippen LogP contribution in [0, 0.1) is 0 Å². The quantitative estimate of drug-likeness (QED) is 0.844. The summed E-state index contributed by atoms with van der Waals surface area (Å²) in [6.07, 6.45) is 2.05. The molecule has 2 aromatic heterocycles. The normalized spacial score (nSPS) is 11.4. The first-order valence-corrected chi connectivity index (χ1v) is 8.30. The lowest BCUT2D eigenvalue weighted by atomic mass is 10.2. The van der Waals surface area contributed by atoms with E-state index in [1.807, 2.05) is 11.3 Å². The summed E-state index contributed by atoms with van der Waals surface area (Å²) in [6.45, 7) is 10.6. The van der Waals surface area contributed by atoms with Gasteiger partial charge in [0.1, 0.15) is 0 Å². The van der Waals surface area contributed by atoms with Crippen molar-refractivity contribution in [2.45, 2.75) is 59.7 Å². The van der Waals surface area contributed by atoms with Crippen molar-refractivity contribution in [3.05, 3.63) is 39.3 Å². The molecule has 20 heavy (non-hydrogen) atoms. The zero-order chi connectivity index (χ0) is 14.5. The van der Waals surface area contributed by atoms with Gasteiger partial charge in [0.25, 0.3) is 0 Å². The molecule has 0 amide bonds.